The molecule has 0 aromatic heterocycles. The van der Waals surface area contributed by atoms with Crippen LogP contribution in [0.4, 0.5) is 4.79 Å². The molecule has 0 spiro atoms. The first kappa shape index (κ1) is 39.1. The molecule has 2 amide bonds. The maximum Gasteiger partial charge on any atom is 0.315 e. The third-order valence-corrected chi connectivity index (χ3v) is 18.5. The van der Waals surface area contributed by atoms with E-state index in [0.29, 0.717) is 54.8 Å². The second-order valence-electron chi connectivity index (χ2n) is 19.6. The van der Waals surface area contributed by atoms with Gasteiger partial charge in [0.2, 0.25) is 0 Å². The molecular weight excluding hydrogens is 683 g/mol. The normalized spacial score (nSPS) is 40.2. The molecule has 5 aliphatic carbocycles. The summed E-state index contributed by atoms with van der Waals surface area (Å²) >= 11 is 0. The molecule has 6 aliphatic rings. The largest absolute Gasteiger partial charge is 0.364 e. The first-order chi connectivity index (χ1) is 24.9. The van der Waals surface area contributed by atoms with Crippen LogP contribution in [0, 0.1) is 51.2 Å². The van der Waals surface area contributed by atoms with Crippen LogP contribution < -0.4 is 10.6 Å². The van der Waals surface area contributed by atoms with Crippen molar-refractivity contribution in [2.75, 3.05) is 37.7 Å². The van der Waals surface area contributed by atoms with Gasteiger partial charge in [-0.05, 0) is 140 Å². The fourth-order valence-corrected chi connectivity index (χ4v) is 15.3. The van der Waals surface area contributed by atoms with Crippen LogP contribution in [0.1, 0.15) is 123 Å². The molecule has 53 heavy (non-hydrogen) atoms. The number of rotatable bonds is 8. The quantitative estimate of drug-likeness (QED) is 0.124. The fraction of sp³-hybridized carbons (Fsp3) is 0.750. The summed E-state index contributed by atoms with van der Waals surface area (Å²) in [6.45, 7) is 22.1. The van der Waals surface area contributed by atoms with E-state index in [0.717, 1.165) is 45.1 Å². The fourth-order valence-electron chi connectivity index (χ4n) is 14.0. The number of benzene rings is 1. The lowest BCUT2D eigenvalue weighted by Crippen LogP contribution is -2.68. The standard InChI is InChI=1S/C44H67N3O5S/c1-29(2)32-15-20-44(46-39(50)45-23-8-24-47-25-27-53(51,52)28-26-47)22-21-42(6)34(37(32)44)13-14-36-41(5)18-16-33(30-9-11-31(12-10-30)38(48)49)40(3,4)35(41)17-19-43(36,42)7/h9-12,16,32,34-38,48-49H,1,8,13-15,17-28H2,2-7H3,(H2,45,46,50). The van der Waals surface area contributed by atoms with Gasteiger partial charge in [0.1, 0.15) is 0 Å². The van der Waals surface area contributed by atoms with Crippen LogP contribution in [-0.2, 0) is 9.84 Å². The highest BCUT2D eigenvalue weighted by atomic mass is 32.2. The Morgan fingerprint density at radius 1 is 0.925 bits per heavy atom. The Bertz CT molecular complexity index is 1710. The van der Waals surface area contributed by atoms with Gasteiger partial charge in [0, 0.05) is 30.7 Å². The Labute approximate surface area is 319 Å². The van der Waals surface area contributed by atoms with E-state index in [-0.39, 0.29) is 44.7 Å². The van der Waals surface area contributed by atoms with Crippen molar-refractivity contribution in [3.05, 3.63) is 53.6 Å². The van der Waals surface area contributed by atoms with Crippen molar-refractivity contribution >= 4 is 21.4 Å². The zero-order valence-electron chi connectivity index (χ0n) is 33.3. The minimum atomic E-state index is -2.89. The Hall–Kier alpha value is -2.20. The summed E-state index contributed by atoms with van der Waals surface area (Å²) in [5, 5.41) is 26.2. The smallest absolute Gasteiger partial charge is 0.315 e. The summed E-state index contributed by atoms with van der Waals surface area (Å²) in [7, 11) is -2.89. The van der Waals surface area contributed by atoms with Crippen molar-refractivity contribution < 1.29 is 23.4 Å². The zero-order chi connectivity index (χ0) is 38.2. The number of hydrogen-bond acceptors (Lipinski definition) is 6. The Morgan fingerprint density at radius 2 is 1.62 bits per heavy atom. The minimum Gasteiger partial charge on any atom is -0.364 e. The number of sulfone groups is 1. The van der Waals surface area contributed by atoms with Crippen molar-refractivity contribution in [1.29, 1.82) is 0 Å². The zero-order valence-corrected chi connectivity index (χ0v) is 34.2. The predicted octanol–water partition coefficient (Wildman–Crippen LogP) is 7.49. The van der Waals surface area contributed by atoms with E-state index in [1.807, 2.05) is 12.1 Å². The van der Waals surface area contributed by atoms with Crippen molar-refractivity contribution in [3.8, 4) is 0 Å². The second-order valence-corrected chi connectivity index (χ2v) is 21.9. The molecule has 1 aromatic rings. The average molecular weight is 750 g/mol. The molecule has 1 aromatic carbocycles. The van der Waals surface area contributed by atoms with Gasteiger partial charge in [-0.3, -0.25) is 0 Å². The predicted molar refractivity (Wildman–Crippen MR) is 212 cm³/mol. The number of carbonyl (C=O) groups is 1. The number of aliphatic hydroxyl groups excluding tert-OH is 1. The molecule has 5 fully saturated rings. The third-order valence-electron chi connectivity index (χ3n) is 16.9. The number of hydrogen-bond donors (Lipinski definition) is 4. The highest BCUT2D eigenvalue weighted by Gasteiger charge is 2.70. The number of carbonyl (C=O) groups excluding carboxylic acids is 1. The minimum absolute atomic E-state index is 0.00460. The van der Waals surface area contributed by atoms with E-state index in [2.05, 4.69) is 81.9 Å². The summed E-state index contributed by atoms with van der Waals surface area (Å²) in [6, 6.07) is 7.78. The molecule has 8 nitrogen and oxygen atoms in total. The number of allylic oxidation sites excluding steroid dienone is 3. The molecule has 9 atom stereocenters. The maximum atomic E-state index is 13.7. The Balaban J connectivity index is 1.08. The molecule has 0 radical (unpaired) electrons. The van der Waals surface area contributed by atoms with Gasteiger partial charge >= 0.3 is 6.03 Å². The van der Waals surface area contributed by atoms with Gasteiger partial charge < -0.3 is 25.7 Å². The third kappa shape index (κ3) is 6.45. The molecular formula is C44H67N3O5S. The van der Waals surface area contributed by atoms with Crippen LogP contribution in [0.5, 0.6) is 0 Å². The lowest BCUT2D eigenvalue weighted by molar-refractivity contribution is -0.218. The lowest BCUT2D eigenvalue weighted by Gasteiger charge is -2.72. The number of nitrogens with one attached hydrogen (secondary N) is 2. The molecule has 9 heteroatoms. The van der Waals surface area contributed by atoms with Crippen LogP contribution in [0.3, 0.4) is 0 Å². The van der Waals surface area contributed by atoms with Crippen molar-refractivity contribution in [1.82, 2.24) is 15.5 Å². The van der Waals surface area contributed by atoms with Gasteiger partial charge in [0.25, 0.3) is 0 Å². The highest BCUT2D eigenvalue weighted by molar-refractivity contribution is 7.91. The molecule has 4 saturated carbocycles. The number of amides is 2. The molecule has 1 heterocycles. The number of fused-ring (bicyclic) bond motifs is 7. The molecule has 9 unspecified atom stereocenters. The topological polar surface area (TPSA) is 119 Å². The van der Waals surface area contributed by atoms with E-state index >= 15 is 0 Å². The van der Waals surface area contributed by atoms with Crippen molar-refractivity contribution in [3.63, 3.8) is 0 Å². The highest BCUT2D eigenvalue weighted by Crippen LogP contribution is 2.76. The first-order valence-electron chi connectivity index (χ1n) is 20.7. The van der Waals surface area contributed by atoms with E-state index in [9.17, 15) is 23.4 Å². The van der Waals surface area contributed by atoms with Crippen LogP contribution in [0.2, 0.25) is 0 Å². The molecule has 1 saturated heterocycles. The molecule has 7 rings (SSSR count). The van der Waals surface area contributed by atoms with Gasteiger partial charge in [-0.15, -0.1) is 0 Å². The molecule has 294 valence electrons. The van der Waals surface area contributed by atoms with Crippen molar-refractivity contribution in [2.24, 2.45) is 51.2 Å². The van der Waals surface area contributed by atoms with Gasteiger partial charge in [0.05, 0.1) is 11.5 Å². The van der Waals surface area contributed by atoms with Gasteiger partial charge in [-0.2, -0.15) is 0 Å². The van der Waals surface area contributed by atoms with Gasteiger partial charge in [0.15, 0.2) is 16.1 Å². The first-order valence-corrected chi connectivity index (χ1v) is 22.5. The van der Waals surface area contributed by atoms with E-state index in [4.69, 9.17) is 0 Å². The summed E-state index contributed by atoms with van der Waals surface area (Å²) < 4.78 is 23.6. The molecule has 0 bridgehead atoms. The summed E-state index contributed by atoms with van der Waals surface area (Å²) in [5.74, 6) is 2.98. The van der Waals surface area contributed by atoms with Crippen LogP contribution >= 0.6 is 0 Å². The summed E-state index contributed by atoms with van der Waals surface area (Å²) in [5.41, 5.74) is 4.72. The van der Waals surface area contributed by atoms with Crippen LogP contribution in [-0.4, -0.2) is 72.8 Å². The van der Waals surface area contributed by atoms with Crippen LogP contribution in [0.15, 0.2) is 42.5 Å². The Morgan fingerprint density at radius 3 is 2.28 bits per heavy atom. The van der Waals surface area contributed by atoms with E-state index < -0.39 is 16.1 Å². The van der Waals surface area contributed by atoms with E-state index in [1.165, 1.54) is 42.4 Å². The molecule has 4 N–H and O–H groups in total. The van der Waals surface area contributed by atoms with Gasteiger partial charge in [-0.25, -0.2) is 13.2 Å². The number of urea groups is 1. The SMILES string of the molecule is C=C(C)C1CCC2(NC(=O)NCCCN3CCS(=O)(=O)CC3)CCC3(C)C(CCC4C5(C)CC=C(c6ccc(C(O)O)cc6)C(C)(C)C5CCC43C)C12. The molecule has 1 aliphatic heterocycles. The summed E-state index contributed by atoms with van der Waals surface area (Å²) in [4.78, 5) is 15.9. The van der Waals surface area contributed by atoms with Gasteiger partial charge in [-0.1, -0.05) is 77.1 Å². The van der Waals surface area contributed by atoms with Crippen LogP contribution in [0.25, 0.3) is 5.57 Å². The Kier molecular flexibility index (Phi) is 10.1. The second kappa shape index (κ2) is 13.8. The monoisotopic (exact) mass is 749 g/mol. The maximum absolute atomic E-state index is 13.7. The lowest BCUT2D eigenvalue weighted by atomic mass is 9.33. The van der Waals surface area contributed by atoms with E-state index in [1.54, 1.807) is 0 Å². The summed E-state index contributed by atoms with van der Waals surface area (Å²) in [6.07, 6.45) is 12.1. The number of nitrogens with zero attached hydrogens (tertiary/aromatic N) is 1. The van der Waals surface area contributed by atoms with Crippen molar-refractivity contribution in [2.45, 2.75) is 118 Å². The number of aliphatic hydroxyl groups is 2. The average Bonchev–Trinajstić information content (AvgIpc) is 3.47.